The van der Waals surface area contributed by atoms with E-state index in [-0.39, 0.29) is 5.41 Å². The molecule has 17 unspecified atom stereocenters. The van der Waals surface area contributed by atoms with Gasteiger partial charge in [-0.15, -0.1) is 0 Å². The Morgan fingerprint density at radius 1 is 0.508 bits per heavy atom. The zero-order valence-electron chi connectivity index (χ0n) is 37.0. The molecule has 7 aliphatic rings. The average molecular weight is 861 g/mol. The average Bonchev–Trinajstić information content (AvgIpc) is 3.26. The molecule has 0 amide bonds. The van der Waals surface area contributed by atoms with Crippen LogP contribution in [0.4, 0.5) is 17.1 Å². The molecule has 0 bridgehead atoms. The van der Waals surface area contributed by atoms with Crippen LogP contribution in [0.3, 0.4) is 0 Å². The van der Waals surface area contributed by atoms with Crippen LogP contribution in [0.25, 0.3) is 0 Å². The van der Waals surface area contributed by atoms with Crippen LogP contribution in [0, 0.1) is 53.3 Å². The van der Waals surface area contributed by atoms with Crippen LogP contribution < -0.4 is 9.80 Å². The molecule has 0 spiro atoms. The number of anilines is 3. The second-order valence-corrected chi connectivity index (χ2v) is 26.0. The minimum atomic E-state index is 0.0635. The van der Waals surface area contributed by atoms with Crippen molar-refractivity contribution in [1.82, 2.24) is 0 Å². The first-order chi connectivity index (χ1) is 28.4. The molecule has 59 heavy (non-hydrogen) atoms. The smallest absolute Gasteiger partial charge is 0.0602 e. The standard InChI is InChI=1S/C53H68N2S4/c1-29-31(3)35(7)47-45(33(29)5)56-49-43(54(37-21-13-11-14-22-37)38-23-15-12-16-24-38)50-52(59-48-36(8)32(4)30(2)34(6)46(48)57-50)44(51(49)58-47)55-41-27-19-17-25-39(41)53(9,10)40-26-18-20-28-42(40)55/h11-25,27-36,40,43-52H,26H2,1-10H3. The van der Waals surface area contributed by atoms with Gasteiger partial charge in [0.25, 0.3) is 0 Å². The predicted molar refractivity (Wildman–Crippen MR) is 264 cm³/mol. The normalized spacial score (nSPS) is 44.4. The van der Waals surface area contributed by atoms with Crippen LogP contribution in [-0.2, 0) is 5.41 Å². The maximum absolute atomic E-state index is 3.03. The second-order valence-electron chi connectivity index (χ2n) is 20.6. The third-order valence-electron chi connectivity index (χ3n) is 17.8. The lowest BCUT2D eigenvalue weighted by Gasteiger charge is -2.66. The number of hydrogen-bond donors (Lipinski definition) is 0. The summed E-state index contributed by atoms with van der Waals surface area (Å²) < 4.78 is 0. The van der Waals surface area contributed by atoms with E-state index in [0.29, 0.717) is 83.7 Å². The van der Waals surface area contributed by atoms with Crippen molar-refractivity contribution >= 4 is 64.1 Å². The van der Waals surface area contributed by atoms with Gasteiger partial charge in [0.05, 0.1) is 12.1 Å². The molecular weight excluding hydrogens is 793 g/mol. The second kappa shape index (κ2) is 15.7. The van der Waals surface area contributed by atoms with E-state index in [1.807, 2.05) is 0 Å². The van der Waals surface area contributed by atoms with Crippen molar-refractivity contribution in [1.29, 1.82) is 0 Å². The molecule has 0 radical (unpaired) electrons. The molecule has 3 aromatic rings. The maximum Gasteiger partial charge on any atom is 0.0602 e. The SMILES string of the molecule is CC1C(C)C(C)C2SC3C(SC2C1C)C(N1C2=CC=CCC2C(C)(C)c2ccccc21)C1SC2C(C)C(C)C(C)C(C)C2SC1C3N(c1ccccc1)c1ccccc1. The lowest BCUT2D eigenvalue weighted by Crippen LogP contribution is -2.73. The maximum atomic E-state index is 3.03. The first kappa shape index (κ1) is 41.2. The highest BCUT2D eigenvalue weighted by Crippen LogP contribution is 2.66. The van der Waals surface area contributed by atoms with Gasteiger partial charge in [-0.3, -0.25) is 0 Å². The van der Waals surface area contributed by atoms with Crippen LogP contribution in [0.5, 0.6) is 0 Å². The summed E-state index contributed by atoms with van der Waals surface area (Å²) in [6.45, 7) is 25.9. The van der Waals surface area contributed by atoms with E-state index >= 15 is 0 Å². The summed E-state index contributed by atoms with van der Waals surface area (Å²) in [4.78, 5) is 5.90. The predicted octanol–water partition coefficient (Wildman–Crippen LogP) is 13.9. The molecule has 3 aromatic carbocycles. The molecule has 3 heterocycles. The third-order valence-corrected chi connectivity index (χ3v) is 26.1. The summed E-state index contributed by atoms with van der Waals surface area (Å²) in [5, 5.41) is 4.46. The van der Waals surface area contributed by atoms with Gasteiger partial charge in [-0.1, -0.05) is 136 Å². The Morgan fingerprint density at radius 2 is 0.932 bits per heavy atom. The number of para-hydroxylation sites is 3. The Hall–Kier alpha value is -1.86. The monoisotopic (exact) mass is 860 g/mol. The largest absolute Gasteiger partial charge is 0.339 e. The van der Waals surface area contributed by atoms with Crippen molar-refractivity contribution in [3.05, 3.63) is 114 Å². The topological polar surface area (TPSA) is 6.48 Å². The van der Waals surface area contributed by atoms with Crippen LogP contribution in [0.2, 0.25) is 0 Å². The van der Waals surface area contributed by atoms with Gasteiger partial charge in [-0.2, -0.15) is 47.0 Å². The quantitative estimate of drug-likeness (QED) is 0.256. The first-order valence-corrected chi connectivity index (χ1v) is 26.9. The van der Waals surface area contributed by atoms with Crippen LogP contribution in [-0.4, -0.2) is 54.1 Å². The number of allylic oxidation sites excluding steroid dienone is 4. The van der Waals surface area contributed by atoms with Crippen molar-refractivity contribution < 1.29 is 0 Å². The number of hydrogen-bond acceptors (Lipinski definition) is 6. The zero-order chi connectivity index (χ0) is 41.1. The summed E-state index contributed by atoms with van der Waals surface area (Å²) in [7, 11) is 0. The third kappa shape index (κ3) is 6.42. The molecule has 17 atom stereocenters. The molecule has 4 aliphatic carbocycles. The van der Waals surface area contributed by atoms with Gasteiger partial charge in [0.1, 0.15) is 0 Å². The molecule has 5 fully saturated rings. The summed E-state index contributed by atoms with van der Waals surface area (Å²) >= 11 is 9.88. The van der Waals surface area contributed by atoms with Gasteiger partial charge < -0.3 is 9.80 Å². The highest BCUT2D eigenvalue weighted by atomic mass is 32.2. The molecular formula is C53H68N2S4. The fourth-order valence-electron chi connectivity index (χ4n) is 13.3. The van der Waals surface area contributed by atoms with E-state index in [9.17, 15) is 0 Å². The van der Waals surface area contributed by atoms with Crippen molar-refractivity contribution in [3.8, 4) is 0 Å². The number of fused-ring (bicyclic) bond motifs is 6. The van der Waals surface area contributed by atoms with Crippen molar-refractivity contribution in [2.75, 3.05) is 9.80 Å². The number of thioether (sulfide) groups is 4. The minimum Gasteiger partial charge on any atom is -0.339 e. The fourth-order valence-corrected chi connectivity index (χ4v) is 23.2. The molecule has 0 aromatic heterocycles. The van der Waals surface area contributed by atoms with Crippen LogP contribution >= 0.6 is 47.0 Å². The fraction of sp³-hybridized carbons (Fsp3) is 0.585. The highest BCUT2D eigenvalue weighted by Gasteiger charge is 2.65. The first-order valence-electron chi connectivity index (χ1n) is 23.2. The number of benzene rings is 3. The van der Waals surface area contributed by atoms with Gasteiger partial charge in [0.15, 0.2) is 0 Å². The summed E-state index contributed by atoms with van der Waals surface area (Å²) in [5.74, 6) is 6.14. The molecule has 0 N–H and O–H groups in total. The lowest BCUT2D eigenvalue weighted by molar-refractivity contribution is 0.146. The highest BCUT2D eigenvalue weighted by molar-refractivity contribution is 8.09. The lowest BCUT2D eigenvalue weighted by atomic mass is 9.65. The van der Waals surface area contributed by atoms with Crippen LogP contribution in [0.15, 0.2) is 109 Å². The Bertz CT molecular complexity index is 1950. The van der Waals surface area contributed by atoms with Gasteiger partial charge in [-0.05, 0) is 95.7 Å². The molecule has 3 aliphatic heterocycles. The van der Waals surface area contributed by atoms with Crippen molar-refractivity contribution in [3.63, 3.8) is 0 Å². The van der Waals surface area contributed by atoms with Gasteiger partial charge in [-0.25, -0.2) is 0 Å². The Morgan fingerprint density at radius 3 is 1.41 bits per heavy atom. The van der Waals surface area contributed by atoms with Gasteiger partial charge in [0, 0.05) is 76.1 Å². The van der Waals surface area contributed by atoms with Crippen molar-refractivity contribution in [2.45, 2.75) is 135 Å². The number of rotatable bonds is 4. The molecule has 3 saturated carbocycles. The summed E-state index contributed by atoms with van der Waals surface area (Å²) in [5.41, 5.74) is 7.38. The van der Waals surface area contributed by atoms with E-state index in [1.54, 1.807) is 11.3 Å². The Kier molecular flexibility index (Phi) is 11.0. The molecule has 314 valence electrons. The molecule has 2 nitrogen and oxygen atoms in total. The van der Waals surface area contributed by atoms with Gasteiger partial charge >= 0.3 is 0 Å². The summed E-state index contributed by atoms with van der Waals surface area (Å²) in [6, 6.07) is 33.6. The minimum absolute atomic E-state index is 0.0635. The van der Waals surface area contributed by atoms with Crippen LogP contribution in [0.1, 0.15) is 81.2 Å². The zero-order valence-corrected chi connectivity index (χ0v) is 40.3. The van der Waals surface area contributed by atoms with E-state index in [2.05, 4.69) is 229 Å². The van der Waals surface area contributed by atoms with Gasteiger partial charge in [0.2, 0.25) is 0 Å². The van der Waals surface area contributed by atoms with E-state index in [4.69, 9.17) is 0 Å². The van der Waals surface area contributed by atoms with Crippen molar-refractivity contribution in [2.24, 2.45) is 53.3 Å². The molecule has 10 rings (SSSR count). The molecule has 2 saturated heterocycles. The number of nitrogens with zero attached hydrogens (tertiary/aromatic N) is 2. The Labute approximate surface area is 374 Å². The Balaban J connectivity index is 1.22. The van der Waals surface area contributed by atoms with E-state index < -0.39 is 0 Å². The summed E-state index contributed by atoms with van der Waals surface area (Å²) in [6.07, 6.45) is 8.52. The van der Waals surface area contributed by atoms with E-state index in [1.165, 1.54) is 17.1 Å². The van der Waals surface area contributed by atoms with E-state index in [0.717, 1.165) is 30.1 Å². The molecule has 6 heteroatoms.